The highest BCUT2D eigenvalue weighted by atomic mass is 19.1. The Morgan fingerprint density at radius 1 is 1.62 bits per heavy atom. The molecule has 0 radical (unpaired) electrons. The topological polar surface area (TPSA) is 80.0 Å². The minimum absolute atomic E-state index is 0.0900. The molecule has 1 rings (SSSR count). The van der Waals surface area contributed by atoms with Gasteiger partial charge in [0, 0.05) is 6.07 Å². The Balaban J connectivity index is 3.33. The van der Waals surface area contributed by atoms with Crippen molar-refractivity contribution in [1.82, 2.24) is 0 Å². The minimum Gasteiger partial charge on any atom is -0.496 e. The Hall–Kier alpha value is -1.62. The lowest BCUT2D eigenvalue weighted by atomic mass is 10.1. The van der Waals surface area contributed by atoms with Crippen molar-refractivity contribution in [2.75, 3.05) is 12.8 Å². The largest absolute Gasteiger partial charge is 0.496 e. The molecule has 0 heterocycles. The second kappa shape index (κ2) is 3.40. The van der Waals surface area contributed by atoms with Gasteiger partial charge >= 0.3 is 5.91 Å². The van der Waals surface area contributed by atoms with Crippen LogP contribution in [0.25, 0.3) is 0 Å². The van der Waals surface area contributed by atoms with E-state index in [0.717, 1.165) is 6.07 Å². The van der Waals surface area contributed by atoms with E-state index in [9.17, 15) is 9.18 Å². The molecule has 70 valence electrons. The van der Waals surface area contributed by atoms with Crippen LogP contribution in [-0.4, -0.2) is 13.0 Å². The van der Waals surface area contributed by atoms with Crippen molar-refractivity contribution < 1.29 is 19.7 Å². The number of hydrogen-bond acceptors (Lipinski definition) is 3. The summed E-state index contributed by atoms with van der Waals surface area (Å²) in [5.74, 6) is -0.919. The van der Waals surface area contributed by atoms with Crippen LogP contribution in [0.15, 0.2) is 12.1 Å². The zero-order valence-corrected chi connectivity index (χ0v) is 7.13. The van der Waals surface area contributed by atoms with Gasteiger partial charge in [-0.2, -0.15) is 0 Å². The van der Waals surface area contributed by atoms with Crippen LogP contribution in [0.2, 0.25) is 0 Å². The summed E-state index contributed by atoms with van der Waals surface area (Å²) >= 11 is 0. The van der Waals surface area contributed by atoms with Crippen molar-refractivity contribution in [3.63, 3.8) is 0 Å². The van der Waals surface area contributed by atoms with Gasteiger partial charge in [0.1, 0.15) is 17.1 Å². The molecule has 0 aliphatic rings. The number of nitrogens with two attached hydrogens (primary N) is 1. The number of hydrogen-bond donors (Lipinski definition) is 2. The fourth-order valence-corrected chi connectivity index (χ4v) is 0.959. The molecule has 0 bridgehead atoms. The number of nitrogen functional groups attached to an aromatic ring is 1. The highest BCUT2D eigenvalue weighted by molar-refractivity contribution is 5.90. The molecule has 0 aromatic heterocycles. The quantitative estimate of drug-likeness (QED) is 0.626. The second-order valence-corrected chi connectivity index (χ2v) is 2.50. The van der Waals surface area contributed by atoms with Gasteiger partial charge in [-0.15, -0.1) is 0 Å². The van der Waals surface area contributed by atoms with Gasteiger partial charge in [0.2, 0.25) is 0 Å². The fourth-order valence-electron chi connectivity index (χ4n) is 0.959. The van der Waals surface area contributed by atoms with Crippen LogP contribution in [0.3, 0.4) is 0 Å². The van der Waals surface area contributed by atoms with Crippen LogP contribution in [0.4, 0.5) is 10.1 Å². The Labute approximate surface area is 74.3 Å². The summed E-state index contributed by atoms with van der Waals surface area (Å²) in [6, 6.07) is 2.28. The number of ether oxygens (including phenoxy) is 1. The van der Waals surface area contributed by atoms with Crippen molar-refractivity contribution in [1.29, 1.82) is 0 Å². The number of carbonyl (C=O) groups is 1. The average molecular weight is 185 g/mol. The Bertz CT molecular complexity index is 352. The lowest BCUT2D eigenvalue weighted by Crippen LogP contribution is -2.56. The summed E-state index contributed by atoms with van der Waals surface area (Å²) in [6.45, 7) is 0. The fraction of sp³-hybridized carbons (Fsp3) is 0.125. The third-order valence-electron chi connectivity index (χ3n) is 1.62. The Morgan fingerprint density at radius 2 is 2.23 bits per heavy atom. The first-order chi connectivity index (χ1) is 6.06. The maximum Gasteiger partial charge on any atom is 0.344 e. The molecule has 1 amide bonds. The molecule has 0 unspecified atom stereocenters. The number of halogens is 1. The molecule has 0 fully saturated rings. The number of quaternary nitrogens is 1. The molecule has 5 N–H and O–H groups in total. The van der Waals surface area contributed by atoms with Crippen LogP contribution in [0, 0.1) is 5.82 Å². The van der Waals surface area contributed by atoms with Gasteiger partial charge in [-0.05, 0) is 6.07 Å². The Morgan fingerprint density at radius 3 is 2.69 bits per heavy atom. The summed E-state index contributed by atoms with van der Waals surface area (Å²) in [5.41, 5.74) is 8.55. The first kappa shape index (κ1) is 9.47. The summed E-state index contributed by atoms with van der Waals surface area (Å²) in [4.78, 5) is 10.9. The van der Waals surface area contributed by atoms with Crippen LogP contribution in [-0.2, 0) is 0 Å². The highest BCUT2D eigenvalue weighted by Crippen LogP contribution is 2.23. The van der Waals surface area contributed by atoms with E-state index in [0.29, 0.717) is 0 Å². The zero-order chi connectivity index (χ0) is 10.0. The molecule has 5 heteroatoms. The molecule has 0 aliphatic heterocycles. The van der Waals surface area contributed by atoms with Gasteiger partial charge in [0.15, 0.2) is 0 Å². The molecule has 4 nitrogen and oxygen atoms in total. The predicted molar refractivity (Wildman–Crippen MR) is 44.6 cm³/mol. The third kappa shape index (κ3) is 1.75. The maximum atomic E-state index is 12.9. The molecule has 0 saturated heterocycles. The van der Waals surface area contributed by atoms with Gasteiger partial charge in [-0.3, -0.25) is 5.73 Å². The number of amides is 1. The Kier molecular flexibility index (Phi) is 2.48. The molecule has 13 heavy (non-hydrogen) atoms. The summed E-state index contributed by atoms with van der Waals surface area (Å²) in [7, 11) is 1.34. The van der Waals surface area contributed by atoms with Crippen LogP contribution < -0.4 is 16.2 Å². The van der Waals surface area contributed by atoms with E-state index in [1.807, 2.05) is 0 Å². The van der Waals surface area contributed by atoms with E-state index in [1.54, 1.807) is 0 Å². The van der Waals surface area contributed by atoms with Crippen molar-refractivity contribution in [2.45, 2.75) is 0 Å². The van der Waals surface area contributed by atoms with Crippen molar-refractivity contribution >= 4 is 11.6 Å². The maximum absolute atomic E-state index is 12.9. The monoisotopic (exact) mass is 185 g/mol. The van der Waals surface area contributed by atoms with Gasteiger partial charge in [0.25, 0.3) is 0 Å². The SMILES string of the molecule is COc1cc(F)c(N)cc1C([NH3+])=O. The number of carbonyl (C=O) groups excluding carboxylic acids is 1. The van der Waals surface area contributed by atoms with Gasteiger partial charge in [0.05, 0.1) is 12.8 Å². The average Bonchev–Trinajstić information content (AvgIpc) is 2.08. The van der Waals surface area contributed by atoms with E-state index in [4.69, 9.17) is 10.5 Å². The first-order valence-electron chi connectivity index (χ1n) is 3.55. The van der Waals surface area contributed by atoms with E-state index in [2.05, 4.69) is 5.73 Å². The standard InChI is InChI=1S/C8H9FN2O2/c1-13-7-3-5(9)6(10)2-4(7)8(11)12/h2-3H,10H2,1H3,(H2,11,12)/p+1. The third-order valence-corrected chi connectivity index (χ3v) is 1.62. The minimum atomic E-state index is -0.609. The molecule has 0 saturated carbocycles. The zero-order valence-electron chi connectivity index (χ0n) is 7.13. The summed E-state index contributed by atoms with van der Waals surface area (Å²) in [5, 5.41) is 0. The van der Waals surface area contributed by atoms with E-state index >= 15 is 0 Å². The van der Waals surface area contributed by atoms with Crippen molar-refractivity contribution in [3.05, 3.63) is 23.5 Å². The van der Waals surface area contributed by atoms with Crippen LogP contribution in [0.5, 0.6) is 5.75 Å². The number of benzene rings is 1. The van der Waals surface area contributed by atoms with E-state index in [1.165, 1.54) is 13.2 Å². The number of rotatable bonds is 2. The first-order valence-corrected chi connectivity index (χ1v) is 3.55. The highest BCUT2D eigenvalue weighted by Gasteiger charge is 2.14. The van der Waals surface area contributed by atoms with Gasteiger partial charge in [-0.1, -0.05) is 0 Å². The number of methoxy groups -OCH3 is 1. The van der Waals surface area contributed by atoms with E-state index in [-0.39, 0.29) is 17.0 Å². The molecule has 0 spiro atoms. The molecule has 1 aromatic rings. The van der Waals surface area contributed by atoms with Crippen LogP contribution >= 0.6 is 0 Å². The lowest BCUT2D eigenvalue weighted by Gasteiger charge is -2.05. The lowest BCUT2D eigenvalue weighted by molar-refractivity contribution is -0.255. The molecule has 0 atom stereocenters. The smallest absolute Gasteiger partial charge is 0.344 e. The molecule has 0 aliphatic carbocycles. The number of anilines is 1. The van der Waals surface area contributed by atoms with Crippen LogP contribution in [0.1, 0.15) is 10.4 Å². The predicted octanol–water partition coefficient (Wildman–Crippen LogP) is -0.201. The van der Waals surface area contributed by atoms with Crippen molar-refractivity contribution in [3.8, 4) is 5.75 Å². The van der Waals surface area contributed by atoms with Crippen molar-refractivity contribution in [2.24, 2.45) is 0 Å². The molecule has 1 aromatic carbocycles. The van der Waals surface area contributed by atoms with E-state index < -0.39 is 11.7 Å². The molecular weight excluding hydrogens is 175 g/mol. The summed E-state index contributed by atoms with van der Waals surface area (Å²) < 4.78 is 17.7. The summed E-state index contributed by atoms with van der Waals surface area (Å²) in [6.07, 6.45) is 0. The van der Waals surface area contributed by atoms with Gasteiger partial charge < -0.3 is 10.5 Å². The van der Waals surface area contributed by atoms with Gasteiger partial charge in [-0.25, -0.2) is 9.18 Å². The molecular formula is C8H10FN2O2+. The normalized spacial score (nSPS) is 9.77. The second-order valence-electron chi connectivity index (χ2n) is 2.50.